The first-order valence-electron chi connectivity index (χ1n) is 8.12. The van der Waals surface area contributed by atoms with Gasteiger partial charge < -0.3 is 20.3 Å². The molecule has 0 aromatic heterocycles. The Balaban J connectivity index is 2.65. The number of aliphatic imine (C=N–C) groups is 1. The normalized spacial score (nSPS) is 10.9. The molecule has 24 heavy (non-hydrogen) atoms. The average Bonchev–Trinajstić information content (AvgIpc) is 2.58. The smallest absolute Gasteiger partial charge is 0.223 e. The topological polar surface area (TPSA) is 66.0 Å². The summed E-state index contributed by atoms with van der Waals surface area (Å²) < 4.78 is 5.64. The Kier molecular flexibility index (Phi) is 9.04. The first-order chi connectivity index (χ1) is 11.6. The number of hydrogen-bond donors (Lipinski definition) is 2. The number of ether oxygens (including phenoxy) is 1. The van der Waals surface area contributed by atoms with Crippen LogP contribution in [0.2, 0.25) is 0 Å². The highest BCUT2D eigenvalue weighted by Gasteiger charge is 2.05. The molecule has 6 nitrogen and oxygen atoms in total. The number of carbonyl (C=O) groups excluding carboxylic acids is 1. The molecule has 0 aliphatic rings. The molecule has 0 atom stereocenters. The van der Waals surface area contributed by atoms with Crippen LogP contribution in [0.25, 0.3) is 0 Å². The summed E-state index contributed by atoms with van der Waals surface area (Å²) in [6, 6.07) is 7.80. The van der Waals surface area contributed by atoms with Crippen LogP contribution >= 0.6 is 0 Å². The van der Waals surface area contributed by atoms with Crippen molar-refractivity contribution in [2.24, 2.45) is 4.99 Å². The minimum Gasteiger partial charge on any atom is -0.489 e. The molecular weight excluding hydrogens is 304 g/mol. The Morgan fingerprint density at radius 1 is 1.33 bits per heavy atom. The minimum absolute atomic E-state index is 0.0847. The van der Waals surface area contributed by atoms with E-state index in [1.165, 1.54) is 0 Å². The SMILES string of the molecule is C=CCOc1ccccc1CN=C(NCC)NCCC(=O)N(C)C. The van der Waals surface area contributed by atoms with Crippen LogP contribution in [-0.4, -0.2) is 50.6 Å². The summed E-state index contributed by atoms with van der Waals surface area (Å²) in [6.45, 7) is 7.91. The lowest BCUT2D eigenvalue weighted by Crippen LogP contribution is -2.39. The highest BCUT2D eigenvalue weighted by molar-refractivity contribution is 5.81. The maximum Gasteiger partial charge on any atom is 0.223 e. The first kappa shape index (κ1) is 19.5. The Morgan fingerprint density at radius 3 is 2.75 bits per heavy atom. The maximum atomic E-state index is 11.6. The van der Waals surface area contributed by atoms with Gasteiger partial charge in [0.2, 0.25) is 5.91 Å². The number of nitrogens with one attached hydrogen (secondary N) is 2. The van der Waals surface area contributed by atoms with Crippen molar-refractivity contribution in [1.29, 1.82) is 0 Å². The lowest BCUT2D eigenvalue weighted by atomic mass is 10.2. The number of nitrogens with zero attached hydrogens (tertiary/aromatic N) is 2. The van der Waals surface area contributed by atoms with E-state index in [4.69, 9.17) is 4.74 Å². The van der Waals surface area contributed by atoms with Gasteiger partial charge in [0.1, 0.15) is 12.4 Å². The number of amides is 1. The van der Waals surface area contributed by atoms with Crippen molar-refractivity contribution in [3.63, 3.8) is 0 Å². The fourth-order valence-electron chi connectivity index (χ4n) is 1.94. The zero-order chi connectivity index (χ0) is 17.8. The number of carbonyl (C=O) groups is 1. The molecule has 0 aliphatic heterocycles. The fourth-order valence-corrected chi connectivity index (χ4v) is 1.94. The van der Waals surface area contributed by atoms with Gasteiger partial charge in [0.15, 0.2) is 5.96 Å². The van der Waals surface area contributed by atoms with Crippen LogP contribution in [0.1, 0.15) is 18.9 Å². The zero-order valence-electron chi connectivity index (χ0n) is 14.8. The van der Waals surface area contributed by atoms with Crippen LogP contribution in [0.5, 0.6) is 5.75 Å². The standard InChI is InChI=1S/C18H28N4O2/c1-5-13-24-16-10-8-7-9-15(16)14-21-18(19-6-2)20-12-11-17(23)22(3)4/h5,7-10H,1,6,11-14H2,2-4H3,(H2,19,20,21). The lowest BCUT2D eigenvalue weighted by Gasteiger charge is -2.14. The highest BCUT2D eigenvalue weighted by Crippen LogP contribution is 2.18. The van der Waals surface area contributed by atoms with E-state index in [0.29, 0.717) is 32.1 Å². The van der Waals surface area contributed by atoms with Crippen molar-refractivity contribution in [3.05, 3.63) is 42.5 Å². The third-order valence-electron chi connectivity index (χ3n) is 3.21. The zero-order valence-corrected chi connectivity index (χ0v) is 14.8. The summed E-state index contributed by atoms with van der Waals surface area (Å²) >= 11 is 0. The Morgan fingerprint density at radius 2 is 2.08 bits per heavy atom. The van der Waals surface area contributed by atoms with Crippen LogP contribution in [-0.2, 0) is 11.3 Å². The third kappa shape index (κ3) is 7.17. The number of rotatable bonds is 9. The van der Waals surface area contributed by atoms with E-state index >= 15 is 0 Å². The molecule has 0 fully saturated rings. The van der Waals surface area contributed by atoms with Gasteiger partial charge in [-0.05, 0) is 13.0 Å². The van der Waals surface area contributed by atoms with Gasteiger partial charge >= 0.3 is 0 Å². The molecule has 0 bridgehead atoms. The fraction of sp³-hybridized carbons (Fsp3) is 0.444. The predicted octanol–water partition coefficient (Wildman–Crippen LogP) is 1.78. The number of benzene rings is 1. The van der Waals surface area contributed by atoms with E-state index in [-0.39, 0.29) is 5.91 Å². The third-order valence-corrected chi connectivity index (χ3v) is 3.21. The second kappa shape index (κ2) is 11.1. The van der Waals surface area contributed by atoms with E-state index < -0.39 is 0 Å². The van der Waals surface area contributed by atoms with Crippen molar-refractivity contribution < 1.29 is 9.53 Å². The van der Waals surface area contributed by atoms with Crippen molar-refractivity contribution in [3.8, 4) is 5.75 Å². The maximum absolute atomic E-state index is 11.6. The molecule has 132 valence electrons. The van der Waals surface area contributed by atoms with E-state index in [2.05, 4.69) is 22.2 Å². The number of hydrogen-bond acceptors (Lipinski definition) is 3. The quantitative estimate of drug-likeness (QED) is 0.411. The summed E-state index contributed by atoms with van der Waals surface area (Å²) in [4.78, 5) is 17.7. The molecule has 1 aromatic rings. The van der Waals surface area contributed by atoms with Gasteiger partial charge in [0, 0.05) is 39.2 Å². The van der Waals surface area contributed by atoms with Crippen molar-refractivity contribution in [2.45, 2.75) is 19.9 Å². The Labute approximate surface area is 144 Å². The van der Waals surface area contributed by atoms with E-state index in [1.807, 2.05) is 31.2 Å². The van der Waals surface area contributed by atoms with Crippen molar-refractivity contribution in [1.82, 2.24) is 15.5 Å². The molecule has 0 heterocycles. The summed E-state index contributed by atoms with van der Waals surface area (Å²) in [5.41, 5.74) is 1.00. The van der Waals surface area contributed by atoms with Gasteiger partial charge in [0.25, 0.3) is 0 Å². The van der Waals surface area contributed by atoms with Crippen LogP contribution in [0.4, 0.5) is 0 Å². The molecule has 0 aliphatic carbocycles. The monoisotopic (exact) mass is 332 g/mol. The number of para-hydroxylation sites is 1. The molecule has 0 saturated heterocycles. The van der Waals surface area contributed by atoms with Crippen LogP contribution in [0, 0.1) is 0 Å². The molecule has 6 heteroatoms. The van der Waals surface area contributed by atoms with E-state index in [1.54, 1.807) is 25.1 Å². The van der Waals surface area contributed by atoms with Gasteiger partial charge in [-0.15, -0.1) is 0 Å². The van der Waals surface area contributed by atoms with Gasteiger partial charge in [-0.2, -0.15) is 0 Å². The summed E-state index contributed by atoms with van der Waals surface area (Å²) in [5, 5.41) is 6.35. The van der Waals surface area contributed by atoms with Crippen LogP contribution in [0.15, 0.2) is 41.9 Å². The Hall–Kier alpha value is -2.50. The van der Waals surface area contributed by atoms with Crippen molar-refractivity contribution >= 4 is 11.9 Å². The summed E-state index contributed by atoms with van der Waals surface area (Å²) in [7, 11) is 3.50. The van der Waals surface area contributed by atoms with E-state index in [0.717, 1.165) is 17.9 Å². The molecule has 0 spiro atoms. The molecule has 2 N–H and O–H groups in total. The molecular formula is C18H28N4O2. The number of guanidine groups is 1. The summed E-state index contributed by atoms with van der Waals surface area (Å²) in [6.07, 6.45) is 2.14. The highest BCUT2D eigenvalue weighted by atomic mass is 16.5. The Bertz CT molecular complexity index is 556. The van der Waals surface area contributed by atoms with Gasteiger partial charge in [-0.1, -0.05) is 30.9 Å². The second-order valence-corrected chi connectivity index (χ2v) is 5.37. The second-order valence-electron chi connectivity index (χ2n) is 5.37. The molecule has 1 aromatic carbocycles. The first-order valence-corrected chi connectivity index (χ1v) is 8.12. The average molecular weight is 332 g/mol. The largest absolute Gasteiger partial charge is 0.489 e. The van der Waals surface area contributed by atoms with Crippen molar-refractivity contribution in [2.75, 3.05) is 33.8 Å². The molecule has 1 amide bonds. The van der Waals surface area contributed by atoms with Gasteiger partial charge in [0.05, 0.1) is 6.54 Å². The van der Waals surface area contributed by atoms with E-state index in [9.17, 15) is 4.79 Å². The van der Waals surface area contributed by atoms with Gasteiger partial charge in [-0.25, -0.2) is 4.99 Å². The summed E-state index contributed by atoms with van der Waals surface area (Å²) in [5.74, 6) is 1.57. The predicted molar refractivity (Wildman–Crippen MR) is 98.3 cm³/mol. The molecule has 1 rings (SSSR count). The molecule has 0 unspecified atom stereocenters. The van der Waals surface area contributed by atoms with Crippen LogP contribution < -0.4 is 15.4 Å². The van der Waals surface area contributed by atoms with Crippen LogP contribution in [0.3, 0.4) is 0 Å². The molecule has 0 saturated carbocycles. The van der Waals surface area contributed by atoms with Gasteiger partial charge in [-0.3, -0.25) is 4.79 Å². The molecule has 0 radical (unpaired) electrons. The minimum atomic E-state index is 0.0847. The lowest BCUT2D eigenvalue weighted by molar-refractivity contribution is -0.128.